The lowest BCUT2D eigenvalue weighted by Crippen LogP contribution is -2.15. The maximum Gasteiger partial charge on any atom is 0.261 e. The van der Waals surface area contributed by atoms with Crippen molar-refractivity contribution in [3.63, 3.8) is 0 Å². The Bertz CT molecular complexity index is 1030. The first-order valence-corrected chi connectivity index (χ1v) is 9.47. The average molecular weight is 376 g/mol. The van der Waals surface area contributed by atoms with Crippen LogP contribution in [0.5, 0.6) is 5.75 Å². The number of rotatable bonds is 4. The largest absolute Gasteiger partial charge is 0.493 e. The zero-order valence-corrected chi connectivity index (χ0v) is 14.6. The van der Waals surface area contributed by atoms with Crippen LogP contribution in [-0.2, 0) is 16.4 Å². The Morgan fingerprint density at radius 2 is 2.08 bits per heavy atom. The van der Waals surface area contributed by atoms with Gasteiger partial charge in [0, 0.05) is 23.8 Å². The number of sulfonamides is 1. The highest BCUT2D eigenvalue weighted by Crippen LogP contribution is 2.30. The summed E-state index contributed by atoms with van der Waals surface area (Å²) in [5.74, 6) is 0.739. The van der Waals surface area contributed by atoms with E-state index >= 15 is 0 Å². The monoisotopic (exact) mass is 375 g/mol. The molecule has 0 unspecified atom stereocenters. The summed E-state index contributed by atoms with van der Waals surface area (Å²) in [6.07, 6.45) is 4.04. The molecule has 25 heavy (non-hydrogen) atoms. The second-order valence-corrected chi connectivity index (χ2v) is 7.70. The van der Waals surface area contributed by atoms with Gasteiger partial charge in [0.25, 0.3) is 10.0 Å². The van der Waals surface area contributed by atoms with Gasteiger partial charge in [-0.25, -0.2) is 13.1 Å². The van der Waals surface area contributed by atoms with Crippen LogP contribution in [0.2, 0.25) is 5.02 Å². The molecule has 1 N–H and O–H groups in total. The van der Waals surface area contributed by atoms with Gasteiger partial charge in [0.1, 0.15) is 5.75 Å². The van der Waals surface area contributed by atoms with Crippen LogP contribution in [0.3, 0.4) is 0 Å². The second-order valence-electron chi connectivity index (χ2n) is 5.59. The molecule has 1 aliphatic heterocycles. The molecular formula is C17H14ClN3O3S. The zero-order chi connectivity index (χ0) is 17.4. The molecule has 2 aromatic carbocycles. The smallest absolute Gasteiger partial charge is 0.261 e. The number of fused-ring (bicyclic) bond motifs is 1. The Labute approximate surface area is 150 Å². The summed E-state index contributed by atoms with van der Waals surface area (Å²) >= 11 is 6.05. The predicted molar refractivity (Wildman–Crippen MR) is 95.0 cm³/mol. The normalized spacial score (nSPS) is 13.3. The highest BCUT2D eigenvalue weighted by atomic mass is 35.5. The van der Waals surface area contributed by atoms with Crippen molar-refractivity contribution < 1.29 is 13.2 Å². The number of halogens is 1. The SMILES string of the molecule is O=S(=O)(Nc1ccc(Cl)cc1-n1cccn1)c1ccc2c(c1)CCO2. The van der Waals surface area contributed by atoms with E-state index in [9.17, 15) is 8.42 Å². The van der Waals surface area contributed by atoms with E-state index in [0.717, 1.165) is 11.3 Å². The van der Waals surface area contributed by atoms with E-state index in [1.165, 1.54) is 6.07 Å². The van der Waals surface area contributed by atoms with Gasteiger partial charge in [0.15, 0.2) is 0 Å². The van der Waals surface area contributed by atoms with Crippen molar-refractivity contribution in [3.8, 4) is 11.4 Å². The first-order valence-electron chi connectivity index (χ1n) is 7.61. The number of aromatic nitrogens is 2. The minimum atomic E-state index is -3.75. The average Bonchev–Trinajstić information content (AvgIpc) is 3.26. The molecule has 6 nitrogen and oxygen atoms in total. The number of anilines is 1. The molecule has 1 aromatic heterocycles. The third-order valence-corrected chi connectivity index (χ3v) is 5.52. The van der Waals surface area contributed by atoms with E-state index in [4.69, 9.17) is 16.3 Å². The fourth-order valence-corrected chi connectivity index (χ4v) is 4.02. The molecule has 0 atom stereocenters. The molecule has 3 aromatic rings. The van der Waals surface area contributed by atoms with E-state index in [1.807, 2.05) is 0 Å². The van der Waals surface area contributed by atoms with E-state index in [0.29, 0.717) is 29.4 Å². The summed E-state index contributed by atoms with van der Waals surface area (Å²) in [5.41, 5.74) is 1.83. The lowest BCUT2D eigenvalue weighted by Gasteiger charge is -2.13. The fourth-order valence-electron chi connectivity index (χ4n) is 2.73. The molecule has 0 radical (unpaired) electrons. The van der Waals surface area contributed by atoms with Crippen molar-refractivity contribution in [1.29, 1.82) is 0 Å². The van der Waals surface area contributed by atoms with Crippen LogP contribution < -0.4 is 9.46 Å². The van der Waals surface area contributed by atoms with Crippen molar-refractivity contribution >= 4 is 27.3 Å². The van der Waals surface area contributed by atoms with Crippen molar-refractivity contribution in [2.75, 3.05) is 11.3 Å². The van der Waals surface area contributed by atoms with Gasteiger partial charge >= 0.3 is 0 Å². The molecule has 2 heterocycles. The molecule has 0 spiro atoms. The third-order valence-electron chi connectivity index (χ3n) is 3.93. The molecule has 4 rings (SSSR count). The minimum Gasteiger partial charge on any atom is -0.493 e. The Morgan fingerprint density at radius 1 is 1.20 bits per heavy atom. The molecule has 0 amide bonds. The van der Waals surface area contributed by atoms with Gasteiger partial charge in [-0.15, -0.1) is 0 Å². The lowest BCUT2D eigenvalue weighted by atomic mass is 10.2. The zero-order valence-electron chi connectivity index (χ0n) is 13.0. The van der Waals surface area contributed by atoms with Gasteiger partial charge in [-0.3, -0.25) is 4.72 Å². The number of hydrogen-bond donors (Lipinski definition) is 1. The number of nitrogens with zero attached hydrogens (tertiary/aromatic N) is 2. The highest BCUT2D eigenvalue weighted by molar-refractivity contribution is 7.92. The van der Waals surface area contributed by atoms with Gasteiger partial charge in [-0.1, -0.05) is 11.6 Å². The molecule has 0 saturated carbocycles. The number of nitrogens with one attached hydrogen (secondary N) is 1. The Hall–Kier alpha value is -2.51. The van der Waals surface area contributed by atoms with E-state index in [-0.39, 0.29) is 4.90 Å². The molecule has 1 aliphatic rings. The van der Waals surface area contributed by atoms with Crippen LogP contribution in [0, 0.1) is 0 Å². The topological polar surface area (TPSA) is 73.2 Å². The van der Waals surface area contributed by atoms with E-state index in [1.54, 1.807) is 53.5 Å². The molecule has 8 heteroatoms. The van der Waals surface area contributed by atoms with Gasteiger partial charge < -0.3 is 4.74 Å². The minimum absolute atomic E-state index is 0.193. The van der Waals surface area contributed by atoms with Gasteiger partial charge in [-0.05, 0) is 48.0 Å². The van der Waals surface area contributed by atoms with Crippen LogP contribution in [-0.4, -0.2) is 24.8 Å². The van der Waals surface area contributed by atoms with Crippen LogP contribution in [0.1, 0.15) is 5.56 Å². The van der Waals surface area contributed by atoms with Crippen LogP contribution in [0.4, 0.5) is 5.69 Å². The standard InChI is InChI=1S/C17H14ClN3O3S/c18-13-2-4-15(16(11-13)21-8-1-7-19-21)20-25(22,23)14-3-5-17-12(10-14)6-9-24-17/h1-5,7-8,10-11,20H,6,9H2. The molecule has 0 bridgehead atoms. The van der Waals surface area contributed by atoms with Crippen molar-refractivity contribution in [3.05, 3.63) is 65.4 Å². The Balaban J connectivity index is 1.72. The predicted octanol–water partition coefficient (Wildman–Crippen LogP) is 3.26. The lowest BCUT2D eigenvalue weighted by molar-refractivity contribution is 0.356. The summed E-state index contributed by atoms with van der Waals surface area (Å²) in [6, 6.07) is 11.5. The Kier molecular flexibility index (Phi) is 3.89. The maximum absolute atomic E-state index is 12.8. The number of hydrogen-bond acceptors (Lipinski definition) is 4. The molecule has 0 fully saturated rings. The number of benzene rings is 2. The summed E-state index contributed by atoms with van der Waals surface area (Å²) in [5, 5.41) is 4.63. The molecule has 128 valence electrons. The van der Waals surface area contributed by atoms with Gasteiger partial charge in [-0.2, -0.15) is 5.10 Å². The molecule has 0 aliphatic carbocycles. The van der Waals surface area contributed by atoms with Crippen LogP contribution in [0.15, 0.2) is 59.8 Å². The first kappa shape index (κ1) is 16.0. The Morgan fingerprint density at radius 3 is 2.88 bits per heavy atom. The summed E-state index contributed by atoms with van der Waals surface area (Å²) in [7, 11) is -3.75. The summed E-state index contributed by atoms with van der Waals surface area (Å²) in [6.45, 7) is 0.576. The van der Waals surface area contributed by atoms with Crippen molar-refractivity contribution in [1.82, 2.24) is 9.78 Å². The molecular weight excluding hydrogens is 362 g/mol. The highest BCUT2D eigenvalue weighted by Gasteiger charge is 2.21. The number of ether oxygens (including phenoxy) is 1. The molecule has 0 saturated heterocycles. The second kappa shape index (κ2) is 6.09. The van der Waals surface area contributed by atoms with Gasteiger partial charge in [0.05, 0.1) is 22.9 Å². The van der Waals surface area contributed by atoms with E-state index in [2.05, 4.69) is 9.82 Å². The van der Waals surface area contributed by atoms with E-state index < -0.39 is 10.0 Å². The third kappa shape index (κ3) is 3.08. The summed E-state index contributed by atoms with van der Waals surface area (Å²) in [4.78, 5) is 0.193. The first-order chi connectivity index (χ1) is 12.0. The van der Waals surface area contributed by atoms with Crippen molar-refractivity contribution in [2.24, 2.45) is 0 Å². The summed E-state index contributed by atoms with van der Waals surface area (Å²) < 4.78 is 35.2. The van der Waals surface area contributed by atoms with Gasteiger partial charge in [0.2, 0.25) is 0 Å². The van der Waals surface area contributed by atoms with Crippen molar-refractivity contribution in [2.45, 2.75) is 11.3 Å². The quantitative estimate of drug-likeness (QED) is 0.759. The fraction of sp³-hybridized carbons (Fsp3) is 0.118. The van der Waals surface area contributed by atoms with Crippen LogP contribution in [0.25, 0.3) is 5.69 Å². The van der Waals surface area contributed by atoms with Crippen LogP contribution >= 0.6 is 11.6 Å². The maximum atomic E-state index is 12.8.